The fraction of sp³-hybridized carbons (Fsp3) is 0.650. The molecule has 0 aliphatic carbocycles. The van der Waals surface area contributed by atoms with Gasteiger partial charge in [0.15, 0.2) is 6.10 Å². The zero-order valence-corrected chi connectivity index (χ0v) is 46.0. The van der Waals surface area contributed by atoms with Gasteiger partial charge in [0, 0.05) is 12.8 Å². The molecule has 0 aliphatic heterocycles. The number of phosphoric acid groups is 1. The van der Waals surface area contributed by atoms with E-state index in [-0.39, 0.29) is 25.9 Å². The maximum Gasteiger partial charge on any atom is 0.472 e. The Bertz CT molecular complexity index is 1620. The zero-order valence-electron chi connectivity index (χ0n) is 45.1. The lowest BCUT2D eigenvalue weighted by molar-refractivity contribution is -0.161. The van der Waals surface area contributed by atoms with Crippen LogP contribution in [0.25, 0.3) is 0 Å². The predicted octanol–water partition coefficient (Wildman–Crippen LogP) is 16.2. The van der Waals surface area contributed by atoms with Crippen molar-refractivity contribution in [2.75, 3.05) is 26.4 Å². The molecular formula is C60H99O11P. The molecule has 0 bridgehead atoms. The minimum Gasteiger partial charge on any atom is -0.462 e. The fourth-order valence-corrected chi connectivity index (χ4v) is 7.85. The molecule has 0 radical (unpaired) electrons. The number of esters is 3. The molecule has 0 aliphatic rings. The molecule has 0 aromatic carbocycles. The minimum atomic E-state index is -4.78. The van der Waals surface area contributed by atoms with Gasteiger partial charge in [-0.05, 0) is 83.5 Å². The number of hydrogen-bond donors (Lipinski definition) is 2. The lowest BCUT2D eigenvalue weighted by Gasteiger charge is -2.21. The number of carbonyl (C=O) groups excluding carboxylic acids is 3. The number of aliphatic hydroxyl groups excluding tert-OH is 1. The standard InChI is InChI=1S/C60H99O11P/c1-4-7-10-13-16-19-22-25-27-28-30-33-36-39-42-45-48-51-60(64)71-57(53-67-58(62)49-46-43-40-37-34-31-24-21-18-15-12-9-6-3)55-69-72(65,66)68-54-56(52-61)70-59(63)50-47-44-41-38-35-32-29-26-23-20-17-14-11-8-5-2/h7-8,10-11,16-17,19-20,25-27,29-30,33,35,38,44,47,56-57,61H,4-6,9,12-15,18,21-24,28,31-32,34,36-37,39-43,45-46,48-55H2,1-3H3,(H,65,66)/b10-7-,11-8-,19-16-,20-17-,27-25-,29-26-,33-30-,38-35-,47-44-. The summed E-state index contributed by atoms with van der Waals surface area (Å²) in [5.74, 6) is -1.64. The molecule has 0 heterocycles. The highest BCUT2D eigenvalue weighted by atomic mass is 31.2. The van der Waals surface area contributed by atoms with Crippen LogP contribution in [0.3, 0.4) is 0 Å². The maximum atomic E-state index is 12.9. The highest BCUT2D eigenvalue weighted by molar-refractivity contribution is 7.47. The second kappa shape index (κ2) is 53.4. The molecule has 0 spiro atoms. The maximum absolute atomic E-state index is 12.9. The van der Waals surface area contributed by atoms with Crippen molar-refractivity contribution in [3.05, 3.63) is 109 Å². The van der Waals surface area contributed by atoms with Crippen molar-refractivity contribution in [3.63, 3.8) is 0 Å². The van der Waals surface area contributed by atoms with Crippen LogP contribution in [-0.2, 0) is 42.2 Å². The molecule has 11 nitrogen and oxygen atoms in total. The third kappa shape index (κ3) is 51.1. The third-order valence-corrected chi connectivity index (χ3v) is 12.2. The van der Waals surface area contributed by atoms with E-state index in [9.17, 15) is 28.9 Å². The van der Waals surface area contributed by atoms with Gasteiger partial charge < -0.3 is 24.2 Å². The first-order chi connectivity index (χ1) is 35.2. The topological polar surface area (TPSA) is 155 Å². The number of carbonyl (C=O) groups is 3. The normalized spacial score (nSPS) is 14.2. The number of phosphoric ester groups is 1. The monoisotopic (exact) mass is 1030 g/mol. The van der Waals surface area contributed by atoms with Gasteiger partial charge in [-0.1, -0.05) is 220 Å². The molecule has 72 heavy (non-hydrogen) atoms. The van der Waals surface area contributed by atoms with Crippen LogP contribution >= 0.6 is 7.82 Å². The molecular weight excluding hydrogens is 928 g/mol. The Labute approximate surface area is 437 Å². The molecule has 0 saturated heterocycles. The van der Waals surface area contributed by atoms with Gasteiger partial charge in [0.25, 0.3) is 0 Å². The molecule has 0 saturated carbocycles. The van der Waals surface area contributed by atoms with Crippen LogP contribution in [-0.4, -0.2) is 66.5 Å². The van der Waals surface area contributed by atoms with Crippen molar-refractivity contribution in [1.29, 1.82) is 0 Å². The van der Waals surface area contributed by atoms with Crippen LogP contribution in [0.1, 0.15) is 213 Å². The average Bonchev–Trinajstić information content (AvgIpc) is 3.37. The summed E-state index contributed by atoms with van der Waals surface area (Å²) in [5, 5.41) is 9.78. The molecule has 0 fully saturated rings. The SMILES string of the molecule is CC/C=C\C/C=C\C/C=C\C/C=C\C/C=C\CC(=O)OC(CO)COP(=O)(O)OCC(COC(=O)CCCCCCCCCCCCCCC)OC(=O)CCCCCC/C=C\C/C=C\C/C=C\C/C=C\CC. The summed E-state index contributed by atoms with van der Waals surface area (Å²) >= 11 is 0. The Morgan fingerprint density at radius 2 is 0.778 bits per heavy atom. The van der Waals surface area contributed by atoms with Gasteiger partial charge in [0.2, 0.25) is 0 Å². The van der Waals surface area contributed by atoms with E-state index < -0.39 is 57.8 Å². The van der Waals surface area contributed by atoms with Gasteiger partial charge in [0.1, 0.15) is 12.7 Å². The van der Waals surface area contributed by atoms with Crippen molar-refractivity contribution < 1.29 is 52.2 Å². The van der Waals surface area contributed by atoms with Crippen LogP contribution < -0.4 is 0 Å². The van der Waals surface area contributed by atoms with E-state index >= 15 is 0 Å². The van der Waals surface area contributed by atoms with E-state index in [0.717, 1.165) is 96.3 Å². The Morgan fingerprint density at radius 1 is 0.417 bits per heavy atom. The van der Waals surface area contributed by atoms with Gasteiger partial charge in [0.05, 0.1) is 26.2 Å². The Hall–Kier alpha value is -3.86. The highest BCUT2D eigenvalue weighted by Crippen LogP contribution is 2.43. The van der Waals surface area contributed by atoms with Crippen molar-refractivity contribution in [3.8, 4) is 0 Å². The summed E-state index contributed by atoms with van der Waals surface area (Å²) in [6, 6.07) is 0. The fourth-order valence-electron chi connectivity index (χ4n) is 7.07. The number of hydrogen-bond acceptors (Lipinski definition) is 10. The van der Waals surface area contributed by atoms with Gasteiger partial charge >= 0.3 is 25.7 Å². The molecule has 3 atom stereocenters. The van der Waals surface area contributed by atoms with E-state index in [2.05, 4.69) is 106 Å². The lowest BCUT2D eigenvalue weighted by atomic mass is 10.0. The van der Waals surface area contributed by atoms with Gasteiger partial charge in [-0.3, -0.25) is 23.4 Å². The average molecular weight is 1030 g/mol. The quantitative estimate of drug-likeness (QED) is 0.0197. The summed E-state index contributed by atoms with van der Waals surface area (Å²) in [4.78, 5) is 48.4. The molecule has 0 amide bonds. The Balaban J connectivity index is 4.86. The number of allylic oxidation sites excluding steroid dienone is 17. The van der Waals surface area contributed by atoms with E-state index in [1.807, 2.05) is 18.2 Å². The Morgan fingerprint density at radius 3 is 1.22 bits per heavy atom. The summed E-state index contributed by atoms with van der Waals surface area (Å²) in [7, 11) is -4.78. The van der Waals surface area contributed by atoms with Crippen LogP contribution in [0.15, 0.2) is 109 Å². The number of rotatable bonds is 50. The smallest absolute Gasteiger partial charge is 0.462 e. The third-order valence-electron chi connectivity index (χ3n) is 11.2. The van der Waals surface area contributed by atoms with Crippen LogP contribution in [0.4, 0.5) is 0 Å². The predicted molar refractivity (Wildman–Crippen MR) is 297 cm³/mol. The van der Waals surface area contributed by atoms with E-state index in [0.29, 0.717) is 19.3 Å². The van der Waals surface area contributed by atoms with Crippen molar-refractivity contribution in [2.24, 2.45) is 0 Å². The number of ether oxygens (including phenoxy) is 3. The van der Waals surface area contributed by atoms with E-state index in [1.54, 1.807) is 6.08 Å². The second-order valence-corrected chi connectivity index (χ2v) is 19.5. The lowest BCUT2D eigenvalue weighted by Crippen LogP contribution is -2.30. The van der Waals surface area contributed by atoms with Gasteiger partial charge in [-0.25, -0.2) is 4.57 Å². The van der Waals surface area contributed by atoms with Crippen LogP contribution in [0.5, 0.6) is 0 Å². The minimum absolute atomic E-state index is 0.0610. The molecule has 0 aromatic heterocycles. The first kappa shape index (κ1) is 68.1. The number of aliphatic hydroxyl groups is 1. The van der Waals surface area contributed by atoms with Crippen LogP contribution in [0, 0.1) is 0 Å². The first-order valence-corrected chi connectivity index (χ1v) is 29.3. The first-order valence-electron chi connectivity index (χ1n) is 27.8. The highest BCUT2D eigenvalue weighted by Gasteiger charge is 2.28. The molecule has 410 valence electrons. The van der Waals surface area contributed by atoms with E-state index in [4.69, 9.17) is 23.3 Å². The van der Waals surface area contributed by atoms with E-state index in [1.165, 1.54) is 57.8 Å². The molecule has 3 unspecified atom stereocenters. The van der Waals surface area contributed by atoms with Gasteiger partial charge in [-0.15, -0.1) is 0 Å². The molecule has 0 rings (SSSR count). The molecule has 12 heteroatoms. The molecule has 0 aromatic rings. The van der Waals surface area contributed by atoms with Gasteiger partial charge in [-0.2, -0.15) is 0 Å². The number of unbranched alkanes of at least 4 members (excludes halogenated alkanes) is 16. The van der Waals surface area contributed by atoms with Crippen molar-refractivity contribution in [2.45, 2.75) is 226 Å². The summed E-state index contributed by atoms with van der Waals surface area (Å²) in [6.45, 7) is 4.26. The summed E-state index contributed by atoms with van der Waals surface area (Å²) in [5.41, 5.74) is 0. The van der Waals surface area contributed by atoms with Crippen molar-refractivity contribution >= 4 is 25.7 Å². The zero-order chi connectivity index (χ0) is 52.7. The Kier molecular flexibility index (Phi) is 50.6. The van der Waals surface area contributed by atoms with Crippen molar-refractivity contribution in [1.82, 2.24) is 0 Å². The second-order valence-electron chi connectivity index (χ2n) is 18.0. The summed E-state index contributed by atoms with van der Waals surface area (Å²) in [6.07, 6.45) is 63.6. The largest absolute Gasteiger partial charge is 0.472 e. The van der Waals surface area contributed by atoms with Crippen LogP contribution in [0.2, 0.25) is 0 Å². The summed E-state index contributed by atoms with van der Waals surface area (Å²) < 4.78 is 39.3. The molecule has 2 N–H and O–H groups in total.